The largest absolute Gasteiger partial charge is 0.469 e. The highest BCUT2D eigenvalue weighted by molar-refractivity contribution is 5.69. The Balaban J connectivity index is 1.85. The van der Waals surface area contributed by atoms with E-state index in [2.05, 4.69) is 15.5 Å². The first-order chi connectivity index (χ1) is 17.7. The van der Waals surface area contributed by atoms with Crippen molar-refractivity contribution in [3.63, 3.8) is 0 Å². The van der Waals surface area contributed by atoms with Crippen molar-refractivity contribution in [2.24, 2.45) is 0 Å². The van der Waals surface area contributed by atoms with E-state index in [4.69, 9.17) is 4.74 Å². The molecule has 2 aromatic rings. The molecular formula is C26H30F6N2O4. The van der Waals surface area contributed by atoms with Crippen molar-refractivity contribution >= 4 is 5.97 Å². The van der Waals surface area contributed by atoms with Crippen LogP contribution in [0.2, 0.25) is 0 Å². The van der Waals surface area contributed by atoms with Crippen LogP contribution in [0.3, 0.4) is 0 Å². The van der Waals surface area contributed by atoms with Crippen molar-refractivity contribution in [2.45, 2.75) is 62.1 Å². The minimum absolute atomic E-state index is 0.0642. The smallest absolute Gasteiger partial charge is 0.416 e. The summed E-state index contributed by atoms with van der Waals surface area (Å²) >= 11 is 0. The maximum Gasteiger partial charge on any atom is 0.416 e. The molecule has 0 unspecified atom stereocenters. The third kappa shape index (κ3) is 7.04. The molecule has 3 atom stereocenters. The van der Waals surface area contributed by atoms with Crippen LogP contribution >= 0.6 is 0 Å². The van der Waals surface area contributed by atoms with Gasteiger partial charge >= 0.3 is 18.3 Å². The van der Waals surface area contributed by atoms with E-state index in [9.17, 15) is 36.3 Å². The number of carbonyl (C=O) groups excluding carboxylic acids is 1. The predicted molar refractivity (Wildman–Crippen MR) is 125 cm³/mol. The molecule has 12 heteroatoms. The standard InChI is InChI=1S/C26H30F6N2O4/c1-17(18-12-20(25(27,28)29)14-21(13-18)26(30,31)32)38-16-24(19-6-4-3-5-7-19)11-10-23(34-36,15-33-24)9-8-22(35)37-2/h3-7,12-14,17,33-34,36H,8-11,15-16H2,1-2H3/t17-,23-,24-/m1/s1. The van der Waals surface area contributed by atoms with E-state index >= 15 is 0 Å². The molecule has 38 heavy (non-hydrogen) atoms. The average molecular weight is 549 g/mol. The van der Waals surface area contributed by atoms with E-state index in [-0.39, 0.29) is 37.6 Å². The molecule has 1 aliphatic rings. The summed E-state index contributed by atoms with van der Waals surface area (Å²) in [5.41, 5.74) is -1.67. The lowest BCUT2D eigenvalue weighted by molar-refractivity contribution is -0.144. The maximum atomic E-state index is 13.3. The van der Waals surface area contributed by atoms with Crippen LogP contribution in [0.1, 0.15) is 61.0 Å². The number of nitrogens with one attached hydrogen (secondary N) is 2. The van der Waals surface area contributed by atoms with Gasteiger partial charge in [-0.25, -0.2) is 0 Å². The Morgan fingerprint density at radius 2 is 1.66 bits per heavy atom. The van der Waals surface area contributed by atoms with Gasteiger partial charge in [0.15, 0.2) is 0 Å². The van der Waals surface area contributed by atoms with Crippen molar-refractivity contribution in [1.29, 1.82) is 0 Å². The molecule has 210 valence electrons. The minimum Gasteiger partial charge on any atom is -0.469 e. The number of rotatable bonds is 9. The van der Waals surface area contributed by atoms with Crippen molar-refractivity contribution in [1.82, 2.24) is 10.8 Å². The Kier molecular flexibility index (Phi) is 9.12. The normalized spacial score (nSPS) is 23.2. The van der Waals surface area contributed by atoms with E-state index in [1.807, 2.05) is 12.1 Å². The van der Waals surface area contributed by atoms with Crippen LogP contribution in [0.5, 0.6) is 0 Å². The van der Waals surface area contributed by atoms with Gasteiger partial charge in [0.1, 0.15) is 0 Å². The summed E-state index contributed by atoms with van der Waals surface area (Å²) in [6.45, 7) is 1.52. The molecule has 1 aliphatic heterocycles. The van der Waals surface area contributed by atoms with Gasteiger partial charge < -0.3 is 20.0 Å². The number of methoxy groups -OCH3 is 1. The molecule has 0 radical (unpaired) electrons. The van der Waals surface area contributed by atoms with Crippen LogP contribution < -0.4 is 10.8 Å². The molecule has 3 rings (SSSR count). The zero-order valence-corrected chi connectivity index (χ0v) is 20.9. The summed E-state index contributed by atoms with van der Waals surface area (Å²) in [7, 11) is 1.27. The monoisotopic (exact) mass is 548 g/mol. The van der Waals surface area contributed by atoms with Crippen LogP contribution in [0.4, 0.5) is 26.3 Å². The van der Waals surface area contributed by atoms with Crippen molar-refractivity contribution in [3.05, 3.63) is 70.8 Å². The van der Waals surface area contributed by atoms with Crippen molar-refractivity contribution in [3.8, 4) is 0 Å². The number of ether oxygens (including phenoxy) is 2. The summed E-state index contributed by atoms with van der Waals surface area (Å²) in [6, 6.07) is 10.5. The number of alkyl halides is 6. The second-order valence-electron chi connectivity index (χ2n) is 9.56. The lowest BCUT2D eigenvalue weighted by Gasteiger charge is -2.47. The molecular weight excluding hydrogens is 518 g/mol. The van der Waals surface area contributed by atoms with Gasteiger partial charge in [-0.3, -0.25) is 4.79 Å². The minimum atomic E-state index is -4.96. The topological polar surface area (TPSA) is 79.8 Å². The maximum absolute atomic E-state index is 13.3. The fourth-order valence-electron chi connectivity index (χ4n) is 4.56. The van der Waals surface area contributed by atoms with Crippen molar-refractivity contribution < 1.29 is 45.8 Å². The summed E-state index contributed by atoms with van der Waals surface area (Å²) in [5.74, 6) is -0.434. The second-order valence-corrected chi connectivity index (χ2v) is 9.56. The Bertz CT molecular complexity index is 1050. The second kappa shape index (κ2) is 11.6. The third-order valence-electron chi connectivity index (χ3n) is 7.05. The molecule has 0 aromatic heterocycles. The van der Waals surface area contributed by atoms with Gasteiger partial charge in [0.2, 0.25) is 0 Å². The highest BCUT2D eigenvalue weighted by Gasteiger charge is 2.44. The number of carbonyl (C=O) groups is 1. The first-order valence-corrected chi connectivity index (χ1v) is 11.9. The number of benzene rings is 2. The number of halogens is 6. The molecule has 0 aliphatic carbocycles. The summed E-state index contributed by atoms with van der Waals surface area (Å²) in [5, 5.41) is 13.2. The summed E-state index contributed by atoms with van der Waals surface area (Å²) in [4.78, 5) is 11.6. The average Bonchev–Trinajstić information content (AvgIpc) is 2.90. The number of esters is 1. The van der Waals surface area contributed by atoms with E-state index in [1.165, 1.54) is 14.0 Å². The predicted octanol–water partition coefficient (Wildman–Crippen LogP) is 5.75. The quantitative estimate of drug-likeness (QED) is 0.210. The van der Waals surface area contributed by atoms with Gasteiger partial charge in [-0.15, -0.1) is 0 Å². The van der Waals surface area contributed by atoms with Gasteiger partial charge in [0, 0.05) is 13.0 Å². The molecule has 2 aromatic carbocycles. The SMILES string of the molecule is COC(=O)CC[C@@]1(NO)CC[C@@](CO[C@H](C)c2cc(C(F)(F)F)cc(C(F)(F)F)c2)(c2ccccc2)NC1. The Morgan fingerprint density at radius 3 is 2.13 bits per heavy atom. The van der Waals surface area contributed by atoms with Crippen LogP contribution in [-0.4, -0.2) is 37.0 Å². The Hall–Kier alpha value is -2.67. The number of hydroxylamine groups is 1. The summed E-state index contributed by atoms with van der Waals surface area (Å²) in [6.07, 6.45) is -9.91. The molecule has 0 saturated carbocycles. The Labute approximate surface area is 216 Å². The van der Waals surface area contributed by atoms with Gasteiger partial charge in [0.25, 0.3) is 0 Å². The Morgan fingerprint density at radius 1 is 1.05 bits per heavy atom. The van der Waals surface area contributed by atoms with Gasteiger partial charge in [-0.2, -0.15) is 31.8 Å². The third-order valence-corrected chi connectivity index (χ3v) is 7.05. The van der Waals surface area contributed by atoms with Gasteiger partial charge in [0.05, 0.1) is 42.0 Å². The molecule has 0 bridgehead atoms. The number of hydrogen-bond donors (Lipinski definition) is 3. The molecule has 0 amide bonds. The molecule has 1 saturated heterocycles. The van der Waals surface area contributed by atoms with Crippen molar-refractivity contribution in [2.75, 3.05) is 20.3 Å². The lowest BCUT2D eigenvalue weighted by atomic mass is 9.75. The fourth-order valence-corrected chi connectivity index (χ4v) is 4.56. The first-order valence-electron chi connectivity index (χ1n) is 11.9. The van der Waals surface area contributed by atoms with Crippen LogP contribution in [0, 0.1) is 0 Å². The lowest BCUT2D eigenvalue weighted by Crippen LogP contribution is -2.62. The summed E-state index contributed by atoms with van der Waals surface area (Å²) < 4.78 is 90.6. The van der Waals surface area contributed by atoms with Gasteiger partial charge in [-0.1, -0.05) is 30.3 Å². The van der Waals surface area contributed by atoms with E-state index in [0.717, 1.165) is 5.56 Å². The molecule has 0 spiro atoms. The van der Waals surface area contributed by atoms with E-state index in [0.29, 0.717) is 25.0 Å². The molecule has 1 heterocycles. The van der Waals surface area contributed by atoms with E-state index < -0.39 is 46.6 Å². The zero-order valence-electron chi connectivity index (χ0n) is 20.9. The molecule has 6 nitrogen and oxygen atoms in total. The highest BCUT2D eigenvalue weighted by atomic mass is 19.4. The van der Waals surface area contributed by atoms with Crippen LogP contribution in [-0.2, 0) is 32.2 Å². The molecule has 3 N–H and O–H groups in total. The first kappa shape index (κ1) is 29.9. The van der Waals surface area contributed by atoms with Crippen LogP contribution in [0.15, 0.2) is 48.5 Å². The zero-order chi connectivity index (χ0) is 28.2. The van der Waals surface area contributed by atoms with E-state index in [1.54, 1.807) is 18.2 Å². The number of piperidine rings is 1. The number of hydrogen-bond acceptors (Lipinski definition) is 6. The van der Waals surface area contributed by atoms with Gasteiger partial charge in [-0.05, 0) is 55.5 Å². The van der Waals surface area contributed by atoms with Crippen LogP contribution in [0.25, 0.3) is 0 Å². The highest BCUT2D eigenvalue weighted by Crippen LogP contribution is 2.40. The fraction of sp³-hybridized carbons (Fsp3) is 0.500. The molecule has 1 fully saturated rings.